The molecule has 0 aliphatic carbocycles. The lowest BCUT2D eigenvalue weighted by molar-refractivity contribution is -0.154. The summed E-state index contributed by atoms with van der Waals surface area (Å²) in [7, 11) is 1.33. The molecule has 1 aliphatic heterocycles. The van der Waals surface area contributed by atoms with Gasteiger partial charge in [-0.1, -0.05) is 11.8 Å². The minimum Gasteiger partial charge on any atom is -0.457 e. The zero-order valence-corrected chi connectivity index (χ0v) is 13.6. The molecule has 0 spiro atoms. The Kier molecular flexibility index (Phi) is 6.11. The van der Waals surface area contributed by atoms with Crippen molar-refractivity contribution in [2.24, 2.45) is 0 Å². The number of aromatic amines is 1. The van der Waals surface area contributed by atoms with E-state index in [1.54, 1.807) is 0 Å². The number of H-pyrrole nitrogens is 1. The highest BCUT2D eigenvalue weighted by Gasteiger charge is 2.48. The molecule has 0 radical (unpaired) electrons. The van der Waals surface area contributed by atoms with Gasteiger partial charge in [-0.25, -0.2) is 4.79 Å². The molecule has 3 N–H and O–H groups in total. The fourth-order valence-electron chi connectivity index (χ4n) is 2.56. The van der Waals surface area contributed by atoms with Crippen LogP contribution in [0.4, 0.5) is 0 Å². The first-order valence-electron chi connectivity index (χ1n) is 7.34. The van der Waals surface area contributed by atoms with E-state index in [4.69, 9.17) is 19.3 Å². The number of carbonyl (C=O) groups is 1. The molecule has 1 saturated heterocycles. The summed E-state index contributed by atoms with van der Waals surface area (Å²) in [5, 5.41) is 18.2. The van der Waals surface area contributed by atoms with Crippen molar-refractivity contribution < 1.29 is 29.2 Å². The lowest BCUT2D eigenvalue weighted by Gasteiger charge is -2.22. The lowest BCUT2D eigenvalue weighted by atomic mass is 10.1. The molecule has 10 heteroatoms. The zero-order valence-electron chi connectivity index (χ0n) is 13.6. The van der Waals surface area contributed by atoms with Crippen LogP contribution in [0.15, 0.2) is 15.8 Å². The highest BCUT2D eigenvalue weighted by atomic mass is 16.6. The Bertz CT molecular complexity index is 802. The summed E-state index contributed by atoms with van der Waals surface area (Å²) in [5.74, 6) is 4.13. The van der Waals surface area contributed by atoms with Gasteiger partial charge in [0.1, 0.15) is 24.4 Å². The van der Waals surface area contributed by atoms with Crippen LogP contribution in [0.3, 0.4) is 0 Å². The topological polar surface area (TPSA) is 140 Å². The number of aromatic nitrogens is 2. The predicted octanol–water partition coefficient (Wildman–Crippen LogP) is -2.28. The van der Waals surface area contributed by atoms with Gasteiger partial charge in [0, 0.05) is 20.2 Å². The van der Waals surface area contributed by atoms with Crippen LogP contribution in [-0.2, 0) is 19.0 Å². The van der Waals surface area contributed by atoms with Gasteiger partial charge in [-0.2, -0.15) is 0 Å². The van der Waals surface area contributed by atoms with E-state index in [0.717, 1.165) is 10.8 Å². The Balaban J connectivity index is 2.47. The van der Waals surface area contributed by atoms with Crippen molar-refractivity contribution in [3.05, 3.63) is 32.6 Å². The van der Waals surface area contributed by atoms with Crippen LogP contribution in [0.2, 0.25) is 0 Å². The van der Waals surface area contributed by atoms with Crippen LogP contribution in [-0.4, -0.2) is 64.4 Å². The molecule has 0 saturated carbocycles. The molecule has 0 amide bonds. The SMILES string of the molecule is CO[C@@H]1[C@H](OC(C)=O)[C@@H](CO)O[C@H]1n1cc(C#CCO)c(=O)[nH]c1=O. The number of aliphatic hydroxyl groups excluding tert-OH is 2. The van der Waals surface area contributed by atoms with Crippen LogP contribution < -0.4 is 11.2 Å². The largest absolute Gasteiger partial charge is 0.457 e. The number of nitrogens with zero attached hydrogens (tertiary/aromatic N) is 1. The summed E-state index contributed by atoms with van der Waals surface area (Å²) in [4.78, 5) is 37.3. The van der Waals surface area contributed by atoms with Crippen molar-refractivity contribution in [1.29, 1.82) is 0 Å². The van der Waals surface area contributed by atoms with Crippen molar-refractivity contribution in [3.63, 3.8) is 0 Å². The first-order valence-corrected chi connectivity index (χ1v) is 7.34. The summed E-state index contributed by atoms with van der Waals surface area (Å²) >= 11 is 0. The van der Waals surface area contributed by atoms with Crippen molar-refractivity contribution in [1.82, 2.24) is 9.55 Å². The third kappa shape index (κ3) is 3.97. The number of ether oxygens (including phenoxy) is 3. The quantitative estimate of drug-likeness (QED) is 0.406. The van der Waals surface area contributed by atoms with Crippen LogP contribution in [0, 0.1) is 11.8 Å². The summed E-state index contributed by atoms with van der Waals surface area (Å²) < 4.78 is 17.0. The average Bonchev–Trinajstić information content (AvgIpc) is 2.90. The fourth-order valence-corrected chi connectivity index (χ4v) is 2.56. The number of hydrogen-bond donors (Lipinski definition) is 3. The van der Waals surface area contributed by atoms with Gasteiger partial charge in [-0.05, 0) is 0 Å². The molecule has 2 heterocycles. The molecule has 0 aromatic carbocycles. The van der Waals surface area contributed by atoms with Crippen LogP contribution in [0.5, 0.6) is 0 Å². The third-order valence-corrected chi connectivity index (χ3v) is 3.58. The molecule has 0 unspecified atom stereocenters. The fraction of sp³-hybridized carbons (Fsp3) is 0.533. The standard InChI is InChI=1S/C15H18N2O8/c1-8(20)24-11-10(7-19)25-14(12(11)23-2)17-6-9(4-3-5-18)13(21)16-15(17)22/h6,10-12,14,18-19H,5,7H2,1-2H3,(H,16,21,22)/t10-,11-,12-,14-/m1/s1. The highest BCUT2D eigenvalue weighted by Crippen LogP contribution is 2.32. The van der Waals surface area contributed by atoms with Gasteiger partial charge in [0.15, 0.2) is 12.3 Å². The maximum atomic E-state index is 12.1. The minimum atomic E-state index is -1.06. The maximum Gasteiger partial charge on any atom is 0.330 e. The van der Waals surface area contributed by atoms with Crippen molar-refractivity contribution in [2.45, 2.75) is 31.5 Å². The molecule has 1 aromatic rings. The van der Waals surface area contributed by atoms with E-state index in [-0.39, 0.29) is 5.56 Å². The molecule has 2 rings (SSSR count). The van der Waals surface area contributed by atoms with E-state index >= 15 is 0 Å². The molecule has 136 valence electrons. The van der Waals surface area contributed by atoms with Gasteiger partial charge in [0.25, 0.3) is 5.56 Å². The predicted molar refractivity (Wildman–Crippen MR) is 82.6 cm³/mol. The van der Waals surface area contributed by atoms with Gasteiger partial charge in [-0.15, -0.1) is 0 Å². The Morgan fingerprint density at radius 3 is 2.68 bits per heavy atom. The van der Waals surface area contributed by atoms with Gasteiger partial charge in [0.2, 0.25) is 0 Å². The summed E-state index contributed by atoms with van der Waals surface area (Å²) in [5.41, 5.74) is -1.57. The van der Waals surface area contributed by atoms with Crippen LogP contribution in [0.25, 0.3) is 0 Å². The smallest absolute Gasteiger partial charge is 0.330 e. The number of nitrogens with one attached hydrogen (secondary N) is 1. The van der Waals surface area contributed by atoms with Crippen molar-refractivity contribution >= 4 is 5.97 Å². The summed E-state index contributed by atoms with van der Waals surface area (Å²) in [6, 6.07) is 0. The summed E-state index contributed by atoms with van der Waals surface area (Å²) in [6.45, 7) is 0.271. The van der Waals surface area contributed by atoms with E-state index in [2.05, 4.69) is 16.8 Å². The number of esters is 1. The molecule has 10 nitrogen and oxygen atoms in total. The van der Waals surface area contributed by atoms with Gasteiger partial charge < -0.3 is 24.4 Å². The Labute approximate surface area is 142 Å². The molecule has 1 aliphatic rings. The lowest BCUT2D eigenvalue weighted by Crippen LogP contribution is -2.41. The monoisotopic (exact) mass is 354 g/mol. The number of carbonyl (C=O) groups excluding carboxylic acids is 1. The molecule has 4 atom stereocenters. The molecule has 0 bridgehead atoms. The van der Waals surface area contributed by atoms with Gasteiger partial charge in [-0.3, -0.25) is 19.1 Å². The second-order valence-corrected chi connectivity index (χ2v) is 5.19. The van der Waals surface area contributed by atoms with Crippen molar-refractivity contribution in [2.75, 3.05) is 20.3 Å². The van der Waals surface area contributed by atoms with Crippen LogP contribution in [0.1, 0.15) is 18.7 Å². The molecule has 25 heavy (non-hydrogen) atoms. The number of methoxy groups -OCH3 is 1. The number of aliphatic hydroxyl groups is 2. The van der Waals surface area contributed by atoms with E-state index in [0.29, 0.717) is 0 Å². The van der Waals surface area contributed by atoms with Crippen molar-refractivity contribution in [3.8, 4) is 11.8 Å². The molecule has 1 aromatic heterocycles. The Morgan fingerprint density at radius 2 is 2.12 bits per heavy atom. The second kappa shape index (κ2) is 8.09. The highest BCUT2D eigenvalue weighted by molar-refractivity contribution is 5.66. The summed E-state index contributed by atoms with van der Waals surface area (Å²) in [6.07, 6.45) is -2.66. The zero-order chi connectivity index (χ0) is 18.6. The maximum absolute atomic E-state index is 12.1. The normalized spacial score (nSPS) is 25.3. The number of hydrogen-bond acceptors (Lipinski definition) is 8. The van der Waals surface area contributed by atoms with E-state index in [9.17, 15) is 19.5 Å². The van der Waals surface area contributed by atoms with Gasteiger partial charge in [0.05, 0.1) is 6.61 Å². The van der Waals surface area contributed by atoms with Gasteiger partial charge >= 0.3 is 11.7 Å². The van der Waals surface area contributed by atoms with Crippen LogP contribution >= 0.6 is 0 Å². The minimum absolute atomic E-state index is 0.0661. The second-order valence-electron chi connectivity index (χ2n) is 5.19. The Morgan fingerprint density at radius 1 is 1.40 bits per heavy atom. The molecular formula is C15H18N2O8. The first-order chi connectivity index (χ1) is 11.9. The van der Waals surface area contributed by atoms with E-state index < -0.39 is 55.0 Å². The molecule has 1 fully saturated rings. The Hall–Kier alpha value is -2.45. The number of rotatable bonds is 4. The first kappa shape index (κ1) is 18.9. The average molecular weight is 354 g/mol. The van der Waals surface area contributed by atoms with E-state index in [1.807, 2.05) is 0 Å². The molecular weight excluding hydrogens is 336 g/mol. The third-order valence-electron chi connectivity index (χ3n) is 3.58. The van der Waals surface area contributed by atoms with E-state index in [1.165, 1.54) is 14.0 Å².